The topological polar surface area (TPSA) is 149 Å². The molecule has 83 heavy (non-hydrogen) atoms. The largest absolute Gasteiger partial charge is 0.394 e. The highest BCUT2D eigenvalue weighted by atomic mass is 16.7. The molecule has 6 N–H and O–H groups in total. The number of ether oxygens (including phenoxy) is 2. The molecule has 0 saturated carbocycles. The second-order valence-electron chi connectivity index (χ2n) is 25.4. The Labute approximate surface area is 514 Å². The highest BCUT2D eigenvalue weighted by Crippen LogP contribution is 2.23. The van der Waals surface area contributed by atoms with Gasteiger partial charge in [0, 0.05) is 6.42 Å². The molecule has 9 nitrogen and oxygen atoms in total. The molecule has 0 aromatic rings. The Morgan fingerprint density at radius 3 is 1.08 bits per heavy atom. The lowest BCUT2D eigenvalue weighted by molar-refractivity contribution is -0.302. The van der Waals surface area contributed by atoms with Crippen LogP contribution < -0.4 is 5.32 Å². The third kappa shape index (κ3) is 51.9. The highest BCUT2D eigenvalue weighted by molar-refractivity contribution is 5.76. The normalized spacial score (nSPS) is 18.5. The van der Waals surface area contributed by atoms with Crippen LogP contribution in [0.1, 0.15) is 361 Å². The van der Waals surface area contributed by atoms with Crippen LogP contribution in [0.25, 0.3) is 0 Å². The number of hydrogen-bond donors (Lipinski definition) is 6. The fraction of sp³-hybridized carbons (Fsp3) is 0.878. The van der Waals surface area contributed by atoms with Gasteiger partial charge in [0.2, 0.25) is 5.91 Å². The summed E-state index contributed by atoms with van der Waals surface area (Å²) < 4.78 is 11.3. The quantitative estimate of drug-likeness (QED) is 0.0261. The van der Waals surface area contributed by atoms with Gasteiger partial charge in [0.1, 0.15) is 24.4 Å². The Morgan fingerprint density at radius 1 is 0.410 bits per heavy atom. The molecule has 0 aliphatic carbocycles. The molecular formula is C74H139NO8. The van der Waals surface area contributed by atoms with E-state index in [1.165, 1.54) is 295 Å². The summed E-state index contributed by atoms with van der Waals surface area (Å²) in [5, 5.41) is 54.8. The Kier molecular flexibility index (Phi) is 60.3. The predicted octanol–water partition coefficient (Wildman–Crippen LogP) is 20.0. The zero-order valence-corrected chi connectivity index (χ0v) is 54.7. The number of allylic oxidation sites excluding steroid dienone is 7. The summed E-state index contributed by atoms with van der Waals surface area (Å²) in [5.41, 5.74) is 0. The minimum absolute atomic E-state index is 0.180. The van der Waals surface area contributed by atoms with E-state index >= 15 is 0 Å². The molecule has 9 heteroatoms. The average molecular weight is 1170 g/mol. The van der Waals surface area contributed by atoms with Crippen molar-refractivity contribution in [2.45, 2.75) is 403 Å². The smallest absolute Gasteiger partial charge is 0.220 e. The number of nitrogens with one attached hydrogen (secondary N) is 1. The minimum atomic E-state index is -1.57. The number of carbonyl (C=O) groups is 1. The Hall–Kier alpha value is -1.85. The Morgan fingerprint density at radius 2 is 0.723 bits per heavy atom. The summed E-state index contributed by atoms with van der Waals surface area (Å²) in [7, 11) is 0. The maximum absolute atomic E-state index is 13.1. The zero-order chi connectivity index (χ0) is 60.0. The molecular weight excluding hydrogens is 1030 g/mol. The molecule has 0 bridgehead atoms. The van der Waals surface area contributed by atoms with Gasteiger partial charge in [0.05, 0.1) is 25.4 Å². The number of aliphatic hydroxyl groups is 5. The zero-order valence-electron chi connectivity index (χ0n) is 54.7. The molecule has 488 valence electrons. The highest BCUT2D eigenvalue weighted by Gasteiger charge is 2.44. The minimum Gasteiger partial charge on any atom is -0.394 e. The Bertz CT molecular complexity index is 1450. The molecule has 7 atom stereocenters. The fourth-order valence-electron chi connectivity index (χ4n) is 11.7. The fourth-order valence-corrected chi connectivity index (χ4v) is 11.7. The van der Waals surface area contributed by atoms with Gasteiger partial charge in [-0.2, -0.15) is 0 Å². The molecule has 0 spiro atoms. The molecule has 0 aromatic heterocycles. The van der Waals surface area contributed by atoms with Crippen LogP contribution in [0.2, 0.25) is 0 Å². The van der Waals surface area contributed by atoms with Crippen molar-refractivity contribution >= 4 is 5.91 Å². The first-order valence-electron chi connectivity index (χ1n) is 36.4. The van der Waals surface area contributed by atoms with Crippen molar-refractivity contribution in [1.29, 1.82) is 0 Å². The van der Waals surface area contributed by atoms with Crippen LogP contribution in [-0.4, -0.2) is 87.5 Å². The number of rotatable bonds is 64. The van der Waals surface area contributed by atoms with Gasteiger partial charge in [-0.05, 0) is 64.2 Å². The number of hydrogen-bond acceptors (Lipinski definition) is 8. The van der Waals surface area contributed by atoms with Crippen LogP contribution in [-0.2, 0) is 14.3 Å². The molecule has 1 aliphatic heterocycles. The van der Waals surface area contributed by atoms with Crippen molar-refractivity contribution in [2.75, 3.05) is 13.2 Å². The van der Waals surface area contributed by atoms with E-state index in [0.29, 0.717) is 6.42 Å². The van der Waals surface area contributed by atoms with Crippen molar-refractivity contribution in [3.05, 3.63) is 48.6 Å². The molecule has 7 unspecified atom stereocenters. The van der Waals surface area contributed by atoms with Gasteiger partial charge < -0.3 is 40.3 Å². The third-order valence-corrected chi connectivity index (χ3v) is 17.4. The van der Waals surface area contributed by atoms with Gasteiger partial charge in [-0.15, -0.1) is 0 Å². The van der Waals surface area contributed by atoms with Gasteiger partial charge in [0.15, 0.2) is 6.29 Å². The van der Waals surface area contributed by atoms with E-state index in [1.807, 2.05) is 6.08 Å². The number of aliphatic hydroxyl groups excluding tert-OH is 5. The third-order valence-electron chi connectivity index (χ3n) is 17.4. The summed E-state index contributed by atoms with van der Waals surface area (Å²) in [6, 6.07) is -0.823. The predicted molar refractivity (Wildman–Crippen MR) is 355 cm³/mol. The molecule has 1 fully saturated rings. The molecule has 0 radical (unpaired) electrons. The number of unbranched alkanes of at least 4 members (excludes halogenated alkanes) is 48. The number of carbonyl (C=O) groups excluding carboxylic acids is 1. The lowest BCUT2D eigenvalue weighted by Crippen LogP contribution is -2.60. The van der Waals surface area contributed by atoms with Crippen molar-refractivity contribution < 1.29 is 39.8 Å². The van der Waals surface area contributed by atoms with Crippen LogP contribution in [0.15, 0.2) is 48.6 Å². The van der Waals surface area contributed by atoms with Crippen LogP contribution in [0.5, 0.6) is 0 Å². The maximum atomic E-state index is 13.1. The van der Waals surface area contributed by atoms with E-state index in [2.05, 4.69) is 55.6 Å². The first-order chi connectivity index (χ1) is 40.8. The molecule has 1 amide bonds. The molecule has 1 heterocycles. The van der Waals surface area contributed by atoms with Gasteiger partial charge in [-0.1, -0.05) is 339 Å². The average Bonchev–Trinajstić information content (AvgIpc) is 3.61. The molecule has 1 aliphatic rings. The van der Waals surface area contributed by atoms with Crippen molar-refractivity contribution in [3.8, 4) is 0 Å². The summed E-state index contributed by atoms with van der Waals surface area (Å²) in [6.07, 6.45) is 79.5. The maximum Gasteiger partial charge on any atom is 0.220 e. The van der Waals surface area contributed by atoms with Gasteiger partial charge in [-0.3, -0.25) is 4.79 Å². The van der Waals surface area contributed by atoms with Crippen molar-refractivity contribution in [1.82, 2.24) is 5.32 Å². The SMILES string of the molecule is CCCCCCC/C=C\C/C=C\CCCCCCCCCCCCCCCCCCCCCC(=O)NC(COC1OC(CO)C(O)C(O)C1O)C(O)/C=C/CC/C=C/CCCCCCCCCCCCCCCCCCCCCCCCC. The van der Waals surface area contributed by atoms with Gasteiger partial charge in [-0.25, -0.2) is 0 Å². The van der Waals surface area contributed by atoms with E-state index in [9.17, 15) is 30.3 Å². The number of amides is 1. The van der Waals surface area contributed by atoms with E-state index in [1.54, 1.807) is 6.08 Å². The monoisotopic (exact) mass is 1170 g/mol. The Balaban J connectivity index is 2.13. The molecule has 1 rings (SSSR count). The second-order valence-corrected chi connectivity index (χ2v) is 25.4. The van der Waals surface area contributed by atoms with E-state index in [4.69, 9.17) is 9.47 Å². The van der Waals surface area contributed by atoms with Crippen molar-refractivity contribution in [3.63, 3.8) is 0 Å². The first-order valence-corrected chi connectivity index (χ1v) is 36.4. The van der Waals surface area contributed by atoms with E-state index in [0.717, 1.165) is 44.9 Å². The van der Waals surface area contributed by atoms with Crippen LogP contribution >= 0.6 is 0 Å². The van der Waals surface area contributed by atoms with E-state index < -0.39 is 49.5 Å². The second kappa shape index (κ2) is 63.2. The van der Waals surface area contributed by atoms with Gasteiger partial charge >= 0.3 is 0 Å². The van der Waals surface area contributed by atoms with Crippen LogP contribution in [0.3, 0.4) is 0 Å². The van der Waals surface area contributed by atoms with Crippen LogP contribution in [0.4, 0.5) is 0 Å². The lowest BCUT2D eigenvalue weighted by atomic mass is 9.99. The standard InChI is InChI=1S/C74H139NO8/c1-3-5-7-9-11-13-15-17-19-21-23-25-27-29-31-33-34-36-38-40-42-44-46-48-50-52-54-56-58-60-62-64-70(78)75-67(66-82-74-73(81)72(80)71(79)69(65-76)83-74)68(77)63-61-59-57-55-53-51-49-47-45-43-41-39-37-35-32-30-28-26-24-22-20-18-16-14-12-10-8-6-4-2/h15,17,21,23,53,55,61,63,67-69,71-74,76-77,79-81H,3-14,16,18-20,22,24-52,54,56-60,62,64-66H2,1-2H3,(H,75,78)/b17-15-,23-21-,55-53+,63-61+. The van der Waals surface area contributed by atoms with Gasteiger partial charge in [0.25, 0.3) is 0 Å². The van der Waals surface area contributed by atoms with E-state index in [-0.39, 0.29) is 12.5 Å². The first kappa shape index (κ1) is 79.2. The molecule has 0 aromatic carbocycles. The summed E-state index contributed by atoms with van der Waals surface area (Å²) in [6.45, 7) is 3.81. The van der Waals surface area contributed by atoms with Crippen LogP contribution in [0, 0.1) is 0 Å². The summed E-state index contributed by atoms with van der Waals surface area (Å²) >= 11 is 0. The van der Waals surface area contributed by atoms with Crippen molar-refractivity contribution in [2.24, 2.45) is 0 Å². The summed E-state index contributed by atoms with van der Waals surface area (Å²) in [5.74, 6) is -0.180. The lowest BCUT2D eigenvalue weighted by Gasteiger charge is -2.40. The summed E-state index contributed by atoms with van der Waals surface area (Å²) in [4.78, 5) is 13.1. The molecule has 1 saturated heterocycles.